The molecular formula is C8H11Cl2NS. The van der Waals surface area contributed by atoms with Crippen LogP contribution in [0.1, 0.15) is 10.8 Å². The first kappa shape index (κ1) is 12.1. The smallest absolute Gasteiger partial charge is 0.0406 e. The van der Waals surface area contributed by atoms with E-state index in [0.29, 0.717) is 6.54 Å². The van der Waals surface area contributed by atoms with E-state index in [4.69, 9.17) is 17.3 Å². The summed E-state index contributed by atoms with van der Waals surface area (Å²) in [5, 5.41) is 0.860. The van der Waals surface area contributed by atoms with Crippen LogP contribution >= 0.6 is 36.6 Å². The second-order valence-corrected chi connectivity index (χ2v) is 3.36. The Balaban J connectivity index is 0.00000121. The third-order valence-electron chi connectivity index (χ3n) is 1.48. The van der Waals surface area contributed by atoms with E-state index in [-0.39, 0.29) is 17.7 Å². The molecule has 1 aromatic rings. The minimum absolute atomic E-state index is 0. The molecule has 1 rings (SSSR count). The molecule has 0 spiro atoms. The van der Waals surface area contributed by atoms with Crippen LogP contribution in [0.2, 0.25) is 5.02 Å². The maximum absolute atomic E-state index is 5.70. The van der Waals surface area contributed by atoms with Gasteiger partial charge in [-0.15, -0.1) is 12.4 Å². The second-order valence-electron chi connectivity index (χ2n) is 2.30. The van der Waals surface area contributed by atoms with Gasteiger partial charge in [0.05, 0.1) is 0 Å². The fourth-order valence-electron chi connectivity index (χ4n) is 0.821. The molecule has 1 atom stereocenters. The zero-order chi connectivity index (χ0) is 8.27. The highest BCUT2D eigenvalue weighted by atomic mass is 35.5. The Labute approximate surface area is 89.1 Å². The molecule has 0 bridgehead atoms. The van der Waals surface area contributed by atoms with Crippen LogP contribution in [0.5, 0.6) is 0 Å². The van der Waals surface area contributed by atoms with Crippen LogP contribution in [-0.2, 0) is 0 Å². The van der Waals surface area contributed by atoms with E-state index in [1.54, 1.807) is 0 Å². The average Bonchev–Trinajstić information content (AvgIpc) is 2.05. The van der Waals surface area contributed by atoms with Gasteiger partial charge in [0.25, 0.3) is 0 Å². The van der Waals surface area contributed by atoms with Gasteiger partial charge in [-0.3, -0.25) is 0 Å². The highest BCUT2D eigenvalue weighted by molar-refractivity contribution is 7.80. The van der Waals surface area contributed by atoms with Crippen LogP contribution in [0.25, 0.3) is 0 Å². The summed E-state index contributed by atoms with van der Waals surface area (Å²) in [5.41, 5.74) is 6.54. The summed E-state index contributed by atoms with van der Waals surface area (Å²) in [6.45, 7) is 0.546. The Morgan fingerprint density at radius 3 is 2.25 bits per heavy atom. The van der Waals surface area contributed by atoms with Crippen molar-refractivity contribution in [3.05, 3.63) is 34.9 Å². The van der Waals surface area contributed by atoms with Crippen molar-refractivity contribution in [2.45, 2.75) is 5.25 Å². The number of hydrogen-bond acceptors (Lipinski definition) is 2. The molecule has 0 aromatic heterocycles. The van der Waals surface area contributed by atoms with Gasteiger partial charge in [-0.05, 0) is 17.7 Å². The van der Waals surface area contributed by atoms with Crippen LogP contribution in [0.3, 0.4) is 0 Å². The van der Waals surface area contributed by atoms with Crippen LogP contribution in [0.4, 0.5) is 0 Å². The van der Waals surface area contributed by atoms with Crippen LogP contribution in [0, 0.1) is 0 Å². The van der Waals surface area contributed by atoms with E-state index in [0.717, 1.165) is 10.6 Å². The predicted molar refractivity (Wildman–Crippen MR) is 59.5 cm³/mol. The third-order valence-corrected chi connectivity index (χ3v) is 2.24. The molecule has 4 heteroatoms. The topological polar surface area (TPSA) is 26.0 Å². The summed E-state index contributed by atoms with van der Waals surface area (Å²) < 4.78 is 0. The average molecular weight is 224 g/mol. The fraction of sp³-hybridized carbons (Fsp3) is 0.250. The Bertz CT molecular complexity index is 225. The minimum atomic E-state index is 0. The molecular weight excluding hydrogens is 213 g/mol. The molecule has 1 aromatic carbocycles. The minimum Gasteiger partial charge on any atom is -0.329 e. The van der Waals surface area contributed by atoms with Gasteiger partial charge in [-0.25, -0.2) is 0 Å². The van der Waals surface area contributed by atoms with Gasteiger partial charge in [0.2, 0.25) is 0 Å². The van der Waals surface area contributed by atoms with Gasteiger partial charge in [0, 0.05) is 16.8 Å². The molecule has 0 aliphatic heterocycles. The van der Waals surface area contributed by atoms with Crippen LogP contribution in [-0.4, -0.2) is 6.54 Å². The van der Waals surface area contributed by atoms with E-state index >= 15 is 0 Å². The van der Waals surface area contributed by atoms with Gasteiger partial charge in [-0.1, -0.05) is 23.7 Å². The fourth-order valence-corrected chi connectivity index (χ4v) is 1.12. The quantitative estimate of drug-likeness (QED) is 0.742. The standard InChI is InChI=1S/C8H10ClNS.ClH/c9-7-3-1-6(2-4-7)8(11)5-10;/h1-4,8,11H,5,10H2;1H. The summed E-state index contributed by atoms with van der Waals surface area (Å²) in [5.74, 6) is 0. The second kappa shape index (κ2) is 5.70. The molecule has 12 heavy (non-hydrogen) atoms. The molecule has 0 aliphatic rings. The van der Waals surface area contributed by atoms with Crippen molar-refractivity contribution < 1.29 is 0 Å². The number of nitrogens with two attached hydrogens (primary N) is 1. The SMILES string of the molecule is Cl.NCC(S)c1ccc(Cl)cc1. The molecule has 0 heterocycles. The number of benzene rings is 1. The van der Waals surface area contributed by atoms with Crippen molar-refractivity contribution in [1.82, 2.24) is 0 Å². The van der Waals surface area contributed by atoms with E-state index in [1.807, 2.05) is 24.3 Å². The van der Waals surface area contributed by atoms with Crippen molar-refractivity contribution in [2.75, 3.05) is 6.54 Å². The number of rotatable bonds is 2. The van der Waals surface area contributed by atoms with Gasteiger partial charge in [0.1, 0.15) is 0 Å². The molecule has 0 amide bonds. The summed E-state index contributed by atoms with van der Waals surface area (Å²) in [4.78, 5) is 0. The van der Waals surface area contributed by atoms with Crippen molar-refractivity contribution in [3.8, 4) is 0 Å². The Kier molecular flexibility index (Phi) is 5.76. The van der Waals surface area contributed by atoms with Gasteiger partial charge in [-0.2, -0.15) is 12.6 Å². The monoisotopic (exact) mass is 223 g/mol. The zero-order valence-corrected chi connectivity index (χ0v) is 8.87. The maximum Gasteiger partial charge on any atom is 0.0406 e. The first-order valence-electron chi connectivity index (χ1n) is 3.37. The number of hydrogen-bond donors (Lipinski definition) is 2. The summed E-state index contributed by atoms with van der Waals surface area (Å²) >= 11 is 9.99. The summed E-state index contributed by atoms with van der Waals surface area (Å²) in [6, 6.07) is 7.56. The molecule has 0 saturated carbocycles. The van der Waals surface area contributed by atoms with Crippen molar-refractivity contribution >= 4 is 36.6 Å². The van der Waals surface area contributed by atoms with E-state index < -0.39 is 0 Å². The molecule has 0 aliphatic carbocycles. The highest BCUT2D eigenvalue weighted by Gasteiger charge is 2.01. The van der Waals surface area contributed by atoms with Gasteiger partial charge < -0.3 is 5.73 Å². The maximum atomic E-state index is 5.70. The highest BCUT2D eigenvalue weighted by Crippen LogP contribution is 2.19. The molecule has 0 radical (unpaired) electrons. The first-order valence-corrected chi connectivity index (χ1v) is 4.27. The first-order chi connectivity index (χ1) is 5.24. The normalized spacial score (nSPS) is 11.9. The lowest BCUT2D eigenvalue weighted by molar-refractivity contribution is 0.949. The van der Waals surface area contributed by atoms with Gasteiger partial charge in [0.15, 0.2) is 0 Å². The number of halogens is 2. The number of thiol groups is 1. The van der Waals surface area contributed by atoms with E-state index in [1.165, 1.54) is 0 Å². The molecule has 0 saturated heterocycles. The predicted octanol–water partition coefficient (Wildman–Crippen LogP) is 2.69. The molecule has 1 unspecified atom stereocenters. The Morgan fingerprint density at radius 1 is 1.33 bits per heavy atom. The van der Waals surface area contributed by atoms with Crippen molar-refractivity contribution in [3.63, 3.8) is 0 Å². The lowest BCUT2D eigenvalue weighted by atomic mass is 10.1. The van der Waals surface area contributed by atoms with Crippen molar-refractivity contribution in [2.24, 2.45) is 5.73 Å². The van der Waals surface area contributed by atoms with E-state index in [2.05, 4.69) is 12.6 Å². The Morgan fingerprint density at radius 2 is 1.83 bits per heavy atom. The molecule has 0 fully saturated rings. The van der Waals surface area contributed by atoms with Crippen LogP contribution < -0.4 is 5.73 Å². The third kappa shape index (κ3) is 3.23. The lowest BCUT2D eigenvalue weighted by Crippen LogP contribution is -2.06. The summed E-state index contributed by atoms with van der Waals surface area (Å²) in [6.07, 6.45) is 0. The molecule has 68 valence electrons. The largest absolute Gasteiger partial charge is 0.329 e. The van der Waals surface area contributed by atoms with Crippen molar-refractivity contribution in [1.29, 1.82) is 0 Å². The Hall–Kier alpha value is 0.110. The molecule has 2 N–H and O–H groups in total. The van der Waals surface area contributed by atoms with Gasteiger partial charge >= 0.3 is 0 Å². The zero-order valence-electron chi connectivity index (χ0n) is 6.40. The lowest BCUT2D eigenvalue weighted by Gasteiger charge is -2.06. The summed E-state index contributed by atoms with van der Waals surface area (Å²) in [7, 11) is 0. The van der Waals surface area contributed by atoms with Crippen LogP contribution in [0.15, 0.2) is 24.3 Å². The van der Waals surface area contributed by atoms with E-state index in [9.17, 15) is 0 Å². The molecule has 1 nitrogen and oxygen atoms in total.